The van der Waals surface area contributed by atoms with Gasteiger partial charge in [0.05, 0.1) is 9.45 Å². The third-order valence-corrected chi connectivity index (χ3v) is 2.55. The zero-order valence-electron chi connectivity index (χ0n) is 6.60. The van der Waals surface area contributed by atoms with Gasteiger partial charge in [-0.3, -0.25) is 4.79 Å². The lowest BCUT2D eigenvalue weighted by molar-refractivity contribution is 0.102. The molecule has 0 fully saturated rings. The van der Waals surface area contributed by atoms with E-state index in [0.29, 0.717) is 15.0 Å². The molecule has 0 saturated carbocycles. The molecular weight excluding hydrogens is 286 g/mol. The van der Waals surface area contributed by atoms with Crippen LogP contribution in [-0.4, -0.2) is 10.2 Å². The van der Waals surface area contributed by atoms with Gasteiger partial charge in [0, 0.05) is 5.56 Å². The fourth-order valence-electron chi connectivity index (χ4n) is 0.918. The highest BCUT2D eigenvalue weighted by molar-refractivity contribution is 14.1. The number of hydrogen-bond acceptors (Lipinski definition) is 1. The standard InChI is InChI=1S/C9H8ClIO/c1-6-2-3-7(8(10)4-6)9(12)5-11/h2-4H,5H2,1H3. The fraction of sp³-hybridized carbons (Fsp3) is 0.222. The zero-order valence-corrected chi connectivity index (χ0v) is 9.52. The highest BCUT2D eigenvalue weighted by atomic mass is 127. The van der Waals surface area contributed by atoms with Crippen LogP contribution in [0.2, 0.25) is 5.02 Å². The second-order valence-electron chi connectivity index (χ2n) is 2.54. The van der Waals surface area contributed by atoms with E-state index in [0.717, 1.165) is 5.56 Å². The van der Waals surface area contributed by atoms with Gasteiger partial charge < -0.3 is 0 Å². The second-order valence-corrected chi connectivity index (χ2v) is 3.71. The minimum Gasteiger partial charge on any atom is -0.293 e. The molecule has 0 aromatic heterocycles. The summed E-state index contributed by atoms with van der Waals surface area (Å²) in [6, 6.07) is 5.48. The second kappa shape index (κ2) is 4.23. The summed E-state index contributed by atoms with van der Waals surface area (Å²) >= 11 is 7.91. The van der Waals surface area contributed by atoms with Gasteiger partial charge in [-0.25, -0.2) is 0 Å². The number of carbonyl (C=O) groups is 1. The van der Waals surface area contributed by atoms with E-state index >= 15 is 0 Å². The van der Waals surface area contributed by atoms with Crippen LogP contribution in [0.1, 0.15) is 15.9 Å². The van der Waals surface area contributed by atoms with Crippen molar-refractivity contribution in [2.75, 3.05) is 4.43 Å². The van der Waals surface area contributed by atoms with Crippen molar-refractivity contribution in [2.45, 2.75) is 6.92 Å². The van der Waals surface area contributed by atoms with Crippen molar-refractivity contribution < 1.29 is 4.79 Å². The van der Waals surface area contributed by atoms with E-state index in [-0.39, 0.29) is 5.78 Å². The van der Waals surface area contributed by atoms with Crippen LogP contribution in [0.5, 0.6) is 0 Å². The Kier molecular flexibility index (Phi) is 3.53. The lowest BCUT2D eigenvalue weighted by Gasteiger charge is -2.01. The van der Waals surface area contributed by atoms with Gasteiger partial charge in [-0.1, -0.05) is 40.3 Å². The molecule has 0 aliphatic carbocycles. The molecule has 0 unspecified atom stereocenters. The van der Waals surface area contributed by atoms with Crippen LogP contribution in [0.25, 0.3) is 0 Å². The van der Waals surface area contributed by atoms with E-state index < -0.39 is 0 Å². The first-order valence-electron chi connectivity index (χ1n) is 3.50. The van der Waals surface area contributed by atoms with E-state index in [1.807, 2.05) is 35.6 Å². The Bertz CT molecular complexity index is 309. The Morgan fingerprint density at radius 1 is 1.58 bits per heavy atom. The highest BCUT2D eigenvalue weighted by Crippen LogP contribution is 2.18. The predicted octanol–water partition coefficient (Wildman–Crippen LogP) is 3.27. The summed E-state index contributed by atoms with van der Waals surface area (Å²) in [5.41, 5.74) is 1.70. The quantitative estimate of drug-likeness (QED) is 0.465. The Hall–Kier alpha value is -0.0900. The lowest BCUT2D eigenvalue weighted by atomic mass is 10.1. The zero-order chi connectivity index (χ0) is 9.14. The first-order chi connectivity index (χ1) is 5.65. The molecule has 1 aromatic carbocycles. The number of aryl methyl sites for hydroxylation is 1. The van der Waals surface area contributed by atoms with Gasteiger partial charge in [-0.15, -0.1) is 0 Å². The van der Waals surface area contributed by atoms with Crippen molar-refractivity contribution in [3.8, 4) is 0 Å². The van der Waals surface area contributed by atoms with Crippen molar-refractivity contribution in [3.05, 3.63) is 34.3 Å². The van der Waals surface area contributed by atoms with Crippen LogP contribution in [0, 0.1) is 6.92 Å². The third kappa shape index (κ3) is 2.20. The molecule has 0 bridgehead atoms. The molecule has 0 heterocycles. The SMILES string of the molecule is Cc1ccc(C(=O)CI)c(Cl)c1. The summed E-state index contributed by atoms with van der Waals surface area (Å²) in [7, 11) is 0. The topological polar surface area (TPSA) is 17.1 Å². The van der Waals surface area contributed by atoms with Crippen LogP contribution in [0.4, 0.5) is 0 Å². The van der Waals surface area contributed by atoms with Gasteiger partial charge in [0.1, 0.15) is 0 Å². The van der Waals surface area contributed by atoms with Crippen molar-refractivity contribution in [1.82, 2.24) is 0 Å². The fourth-order valence-corrected chi connectivity index (χ4v) is 1.67. The summed E-state index contributed by atoms with van der Waals surface area (Å²) < 4.78 is 0.473. The molecule has 0 N–H and O–H groups in total. The molecule has 64 valence electrons. The lowest BCUT2D eigenvalue weighted by Crippen LogP contribution is -2.00. The van der Waals surface area contributed by atoms with Crippen LogP contribution < -0.4 is 0 Å². The average molecular weight is 295 g/mol. The molecule has 0 radical (unpaired) electrons. The first kappa shape index (κ1) is 9.99. The summed E-state index contributed by atoms with van der Waals surface area (Å²) in [6.07, 6.45) is 0. The van der Waals surface area contributed by atoms with E-state index in [9.17, 15) is 4.79 Å². The Balaban J connectivity index is 3.09. The Morgan fingerprint density at radius 2 is 2.25 bits per heavy atom. The molecule has 0 atom stereocenters. The molecule has 12 heavy (non-hydrogen) atoms. The maximum absolute atomic E-state index is 11.3. The monoisotopic (exact) mass is 294 g/mol. The minimum absolute atomic E-state index is 0.0839. The largest absolute Gasteiger partial charge is 0.293 e. The van der Waals surface area contributed by atoms with Crippen LogP contribution in [0.3, 0.4) is 0 Å². The van der Waals surface area contributed by atoms with Gasteiger partial charge in [0.25, 0.3) is 0 Å². The number of carbonyl (C=O) groups excluding carboxylic acids is 1. The molecule has 0 aliphatic heterocycles. The molecule has 1 rings (SSSR count). The molecule has 0 amide bonds. The number of halogens is 2. The predicted molar refractivity (Wildman–Crippen MR) is 59.4 cm³/mol. The summed E-state index contributed by atoms with van der Waals surface area (Å²) in [6.45, 7) is 1.95. The Labute approximate surface area is 90.3 Å². The molecular formula is C9H8ClIO. The van der Waals surface area contributed by atoms with Gasteiger partial charge in [-0.2, -0.15) is 0 Å². The first-order valence-corrected chi connectivity index (χ1v) is 5.41. The van der Waals surface area contributed by atoms with Gasteiger partial charge >= 0.3 is 0 Å². The van der Waals surface area contributed by atoms with Crippen molar-refractivity contribution in [1.29, 1.82) is 0 Å². The molecule has 0 spiro atoms. The normalized spacial score (nSPS) is 9.92. The van der Waals surface area contributed by atoms with Crippen molar-refractivity contribution in [2.24, 2.45) is 0 Å². The smallest absolute Gasteiger partial charge is 0.174 e. The van der Waals surface area contributed by atoms with E-state index in [2.05, 4.69) is 0 Å². The molecule has 1 aromatic rings. The maximum atomic E-state index is 11.3. The number of Topliss-reactive ketones (excluding diaryl/α,β-unsaturated/α-hetero) is 1. The number of rotatable bonds is 2. The number of ketones is 1. The third-order valence-electron chi connectivity index (χ3n) is 1.55. The van der Waals surface area contributed by atoms with Gasteiger partial charge in [0.15, 0.2) is 5.78 Å². The van der Waals surface area contributed by atoms with E-state index in [1.54, 1.807) is 12.1 Å². The molecule has 0 saturated heterocycles. The number of hydrogen-bond donors (Lipinski definition) is 0. The van der Waals surface area contributed by atoms with Gasteiger partial charge in [-0.05, 0) is 24.6 Å². The summed E-state index contributed by atoms with van der Waals surface area (Å²) in [5, 5.41) is 0.552. The van der Waals surface area contributed by atoms with Crippen LogP contribution >= 0.6 is 34.2 Å². The molecule has 0 aliphatic rings. The van der Waals surface area contributed by atoms with Crippen LogP contribution in [-0.2, 0) is 0 Å². The van der Waals surface area contributed by atoms with Crippen molar-refractivity contribution >= 4 is 40.0 Å². The van der Waals surface area contributed by atoms with E-state index in [4.69, 9.17) is 11.6 Å². The number of benzene rings is 1. The maximum Gasteiger partial charge on any atom is 0.174 e. The molecule has 1 nitrogen and oxygen atoms in total. The van der Waals surface area contributed by atoms with Crippen molar-refractivity contribution in [3.63, 3.8) is 0 Å². The molecule has 3 heteroatoms. The Morgan fingerprint density at radius 3 is 2.75 bits per heavy atom. The van der Waals surface area contributed by atoms with Gasteiger partial charge in [0.2, 0.25) is 0 Å². The van der Waals surface area contributed by atoms with E-state index in [1.165, 1.54) is 0 Å². The average Bonchev–Trinajstić information content (AvgIpc) is 2.03. The van der Waals surface area contributed by atoms with Crippen LogP contribution in [0.15, 0.2) is 18.2 Å². The summed E-state index contributed by atoms with van der Waals surface area (Å²) in [5.74, 6) is 0.0839. The number of alkyl halides is 1. The summed E-state index contributed by atoms with van der Waals surface area (Å²) in [4.78, 5) is 11.3. The minimum atomic E-state index is 0.0839. The highest BCUT2D eigenvalue weighted by Gasteiger charge is 2.07.